The zero-order valence-electron chi connectivity index (χ0n) is 7.55. The zero-order chi connectivity index (χ0) is 8.97. The molecule has 70 valence electrons. The lowest BCUT2D eigenvalue weighted by molar-refractivity contribution is -0.122. The van der Waals surface area contributed by atoms with Crippen LogP contribution in [0.2, 0.25) is 0 Å². The van der Waals surface area contributed by atoms with Gasteiger partial charge in [0.2, 0.25) is 5.91 Å². The molecule has 0 saturated heterocycles. The van der Waals surface area contributed by atoms with Crippen molar-refractivity contribution in [3.8, 4) is 0 Å². The van der Waals surface area contributed by atoms with Crippen LogP contribution in [0.15, 0.2) is 0 Å². The third kappa shape index (κ3) is 3.22. The molecule has 2 N–H and O–H groups in total. The zero-order valence-corrected chi connectivity index (χ0v) is 7.55. The third-order valence-electron chi connectivity index (χ3n) is 2.26. The SMILES string of the molecule is CC(O)CCC(=O)NC1CCC1. The van der Waals surface area contributed by atoms with Gasteiger partial charge in [-0.15, -0.1) is 0 Å². The molecule has 1 fully saturated rings. The highest BCUT2D eigenvalue weighted by Crippen LogP contribution is 2.18. The van der Waals surface area contributed by atoms with Crippen LogP contribution in [-0.2, 0) is 4.79 Å². The first-order chi connectivity index (χ1) is 5.68. The fraction of sp³-hybridized carbons (Fsp3) is 0.889. The van der Waals surface area contributed by atoms with Gasteiger partial charge in [0, 0.05) is 12.5 Å². The molecule has 1 saturated carbocycles. The molecule has 3 heteroatoms. The summed E-state index contributed by atoms with van der Waals surface area (Å²) in [6, 6.07) is 0.423. The Hall–Kier alpha value is -0.570. The first-order valence-corrected chi connectivity index (χ1v) is 4.66. The van der Waals surface area contributed by atoms with Crippen molar-refractivity contribution in [2.24, 2.45) is 0 Å². The molecule has 12 heavy (non-hydrogen) atoms. The first kappa shape index (κ1) is 9.52. The minimum atomic E-state index is -0.364. The van der Waals surface area contributed by atoms with E-state index in [1.165, 1.54) is 6.42 Å². The molecule has 0 aromatic carbocycles. The van der Waals surface area contributed by atoms with Crippen molar-refractivity contribution in [1.82, 2.24) is 5.32 Å². The average molecular weight is 171 g/mol. The van der Waals surface area contributed by atoms with Crippen LogP contribution in [-0.4, -0.2) is 23.2 Å². The fourth-order valence-corrected chi connectivity index (χ4v) is 1.19. The smallest absolute Gasteiger partial charge is 0.220 e. The van der Waals surface area contributed by atoms with E-state index in [4.69, 9.17) is 5.11 Å². The Bertz CT molecular complexity index is 153. The maximum Gasteiger partial charge on any atom is 0.220 e. The largest absolute Gasteiger partial charge is 0.393 e. The van der Waals surface area contributed by atoms with Gasteiger partial charge in [0.1, 0.15) is 0 Å². The lowest BCUT2D eigenvalue weighted by Crippen LogP contribution is -2.39. The minimum absolute atomic E-state index is 0.0839. The lowest BCUT2D eigenvalue weighted by Gasteiger charge is -2.26. The van der Waals surface area contributed by atoms with E-state index in [-0.39, 0.29) is 12.0 Å². The van der Waals surface area contributed by atoms with Gasteiger partial charge in [-0.05, 0) is 32.6 Å². The molecule has 1 aliphatic rings. The number of aliphatic hydroxyl groups is 1. The number of amides is 1. The van der Waals surface area contributed by atoms with E-state index >= 15 is 0 Å². The molecule has 0 aliphatic heterocycles. The van der Waals surface area contributed by atoms with Crippen LogP contribution in [0.3, 0.4) is 0 Å². The average Bonchev–Trinajstić information content (AvgIpc) is 1.93. The Labute approximate surface area is 73.2 Å². The van der Waals surface area contributed by atoms with Gasteiger partial charge in [-0.1, -0.05) is 0 Å². The van der Waals surface area contributed by atoms with Crippen molar-refractivity contribution in [2.75, 3.05) is 0 Å². The van der Waals surface area contributed by atoms with E-state index in [2.05, 4.69) is 5.32 Å². The highest BCUT2D eigenvalue weighted by atomic mass is 16.3. The topological polar surface area (TPSA) is 49.3 Å². The summed E-state index contributed by atoms with van der Waals surface area (Å²) >= 11 is 0. The Morgan fingerprint density at radius 3 is 2.75 bits per heavy atom. The van der Waals surface area contributed by atoms with Crippen molar-refractivity contribution in [3.05, 3.63) is 0 Å². The second-order valence-electron chi connectivity index (χ2n) is 3.58. The van der Waals surface area contributed by atoms with E-state index < -0.39 is 0 Å². The predicted molar refractivity (Wildman–Crippen MR) is 46.7 cm³/mol. The Kier molecular flexibility index (Phi) is 3.53. The van der Waals surface area contributed by atoms with Gasteiger partial charge < -0.3 is 10.4 Å². The summed E-state index contributed by atoms with van der Waals surface area (Å²) in [6.07, 6.45) is 4.15. The Balaban J connectivity index is 2.03. The summed E-state index contributed by atoms with van der Waals surface area (Å²) in [4.78, 5) is 11.1. The summed E-state index contributed by atoms with van der Waals surface area (Å²) in [6.45, 7) is 1.70. The summed E-state index contributed by atoms with van der Waals surface area (Å²) in [5, 5.41) is 11.8. The van der Waals surface area contributed by atoms with Crippen LogP contribution in [0.5, 0.6) is 0 Å². The Morgan fingerprint density at radius 2 is 2.33 bits per heavy atom. The van der Waals surface area contributed by atoms with Crippen molar-refractivity contribution < 1.29 is 9.90 Å². The van der Waals surface area contributed by atoms with Crippen LogP contribution < -0.4 is 5.32 Å². The summed E-state index contributed by atoms with van der Waals surface area (Å²) < 4.78 is 0. The van der Waals surface area contributed by atoms with Crippen LogP contribution in [0.25, 0.3) is 0 Å². The normalized spacial score (nSPS) is 19.8. The number of nitrogens with one attached hydrogen (secondary N) is 1. The van der Waals surface area contributed by atoms with Crippen LogP contribution in [0, 0.1) is 0 Å². The molecule has 0 bridgehead atoms. The standard InChI is InChI=1S/C9H17NO2/c1-7(11)5-6-9(12)10-8-3-2-4-8/h7-8,11H,2-6H2,1H3,(H,10,12). The highest BCUT2D eigenvalue weighted by Gasteiger charge is 2.18. The van der Waals surface area contributed by atoms with Gasteiger partial charge in [0.25, 0.3) is 0 Å². The number of carbonyl (C=O) groups excluding carboxylic acids is 1. The van der Waals surface area contributed by atoms with Gasteiger partial charge in [0.05, 0.1) is 6.10 Å². The molecule has 3 nitrogen and oxygen atoms in total. The molecule has 0 spiro atoms. The second kappa shape index (κ2) is 4.45. The Morgan fingerprint density at radius 1 is 1.67 bits per heavy atom. The molecule has 1 atom stereocenters. The molecule has 1 aliphatic carbocycles. The van der Waals surface area contributed by atoms with Gasteiger partial charge in [-0.3, -0.25) is 4.79 Å². The monoisotopic (exact) mass is 171 g/mol. The van der Waals surface area contributed by atoms with Gasteiger partial charge in [-0.2, -0.15) is 0 Å². The van der Waals surface area contributed by atoms with E-state index in [1.54, 1.807) is 6.92 Å². The number of carbonyl (C=O) groups is 1. The number of hydrogen-bond acceptors (Lipinski definition) is 2. The molecular formula is C9H17NO2. The second-order valence-corrected chi connectivity index (χ2v) is 3.58. The predicted octanol–water partition coefficient (Wildman–Crippen LogP) is 0.816. The van der Waals surface area contributed by atoms with Gasteiger partial charge in [-0.25, -0.2) is 0 Å². The number of rotatable bonds is 4. The summed E-state index contributed by atoms with van der Waals surface area (Å²) in [5.74, 6) is 0.0839. The third-order valence-corrected chi connectivity index (χ3v) is 2.26. The quantitative estimate of drug-likeness (QED) is 0.657. The van der Waals surface area contributed by atoms with E-state index in [9.17, 15) is 4.79 Å². The molecule has 1 unspecified atom stereocenters. The maximum absolute atomic E-state index is 11.1. The molecule has 0 heterocycles. The lowest BCUT2D eigenvalue weighted by atomic mass is 9.93. The molecule has 1 amide bonds. The van der Waals surface area contributed by atoms with Crippen LogP contribution in [0.4, 0.5) is 0 Å². The molecule has 0 aromatic heterocycles. The van der Waals surface area contributed by atoms with E-state index in [0.29, 0.717) is 18.9 Å². The van der Waals surface area contributed by atoms with Crippen molar-refractivity contribution in [2.45, 2.75) is 51.2 Å². The highest BCUT2D eigenvalue weighted by molar-refractivity contribution is 5.76. The van der Waals surface area contributed by atoms with Gasteiger partial charge >= 0.3 is 0 Å². The molecule has 0 radical (unpaired) electrons. The fourth-order valence-electron chi connectivity index (χ4n) is 1.19. The van der Waals surface area contributed by atoms with E-state index in [1.807, 2.05) is 0 Å². The number of hydrogen-bond donors (Lipinski definition) is 2. The molecule has 0 aromatic rings. The van der Waals surface area contributed by atoms with Crippen molar-refractivity contribution >= 4 is 5.91 Å². The molecule has 1 rings (SSSR count). The molecular weight excluding hydrogens is 154 g/mol. The van der Waals surface area contributed by atoms with Gasteiger partial charge in [0.15, 0.2) is 0 Å². The maximum atomic E-state index is 11.1. The van der Waals surface area contributed by atoms with Crippen molar-refractivity contribution in [3.63, 3.8) is 0 Å². The first-order valence-electron chi connectivity index (χ1n) is 4.66. The van der Waals surface area contributed by atoms with Crippen LogP contribution in [0.1, 0.15) is 39.0 Å². The van der Waals surface area contributed by atoms with Crippen LogP contribution >= 0.6 is 0 Å². The summed E-state index contributed by atoms with van der Waals surface area (Å²) in [5.41, 5.74) is 0. The van der Waals surface area contributed by atoms with Crippen molar-refractivity contribution in [1.29, 1.82) is 0 Å². The summed E-state index contributed by atoms with van der Waals surface area (Å²) in [7, 11) is 0. The minimum Gasteiger partial charge on any atom is -0.393 e. The van der Waals surface area contributed by atoms with E-state index in [0.717, 1.165) is 12.8 Å². The number of aliphatic hydroxyl groups excluding tert-OH is 1.